The molecule has 0 fully saturated rings. The predicted octanol–water partition coefficient (Wildman–Crippen LogP) is 0.754. The van der Waals surface area contributed by atoms with E-state index >= 15 is 0 Å². The van der Waals surface area contributed by atoms with Crippen molar-refractivity contribution in [3.05, 3.63) is 29.3 Å². The molecule has 18 heavy (non-hydrogen) atoms. The van der Waals surface area contributed by atoms with Crippen molar-refractivity contribution in [1.29, 1.82) is 0 Å². The first-order valence-electron chi connectivity index (χ1n) is 5.59. The third-order valence-electron chi connectivity index (χ3n) is 2.87. The SMILES string of the molecule is COCCN(C)S(=O)(=O)c1cccc(CO)c1C. The Labute approximate surface area is 108 Å². The van der Waals surface area contributed by atoms with Crippen LogP contribution in [-0.4, -0.2) is 45.1 Å². The molecule has 0 aromatic heterocycles. The fraction of sp³-hybridized carbons (Fsp3) is 0.500. The number of benzene rings is 1. The van der Waals surface area contributed by atoms with Crippen molar-refractivity contribution in [2.75, 3.05) is 27.3 Å². The highest BCUT2D eigenvalue weighted by Crippen LogP contribution is 2.21. The molecule has 102 valence electrons. The standard InChI is InChI=1S/C12H19NO4S/c1-10-11(9-14)5-4-6-12(10)18(15,16)13(2)7-8-17-3/h4-6,14H,7-9H2,1-3H3. The maximum Gasteiger partial charge on any atom is 0.243 e. The van der Waals surface area contributed by atoms with Gasteiger partial charge in [-0.1, -0.05) is 12.1 Å². The number of aliphatic hydroxyl groups excluding tert-OH is 1. The summed E-state index contributed by atoms with van der Waals surface area (Å²) >= 11 is 0. The lowest BCUT2D eigenvalue weighted by Gasteiger charge is -2.19. The average Bonchev–Trinajstić information content (AvgIpc) is 2.35. The molecule has 0 aliphatic rings. The van der Waals surface area contributed by atoms with Gasteiger partial charge in [0.1, 0.15) is 0 Å². The summed E-state index contributed by atoms with van der Waals surface area (Å²) in [6, 6.07) is 4.90. The fourth-order valence-corrected chi connectivity index (χ4v) is 3.04. The topological polar surface area (TPSA) is 66.8 Å². The van der Waals surface area contributed by atoms with E-state index in [9.17, 15) is 8.42 Å². The number of hydrogen-bond donors (Lipinski definition) is 1. The first-order chi connectivity index (χ1) is 8.45. The number of sulfonamides is 1. The first-order valence-corrected chi connectivity index (χ1v) is 7.03. The minimum atomic E-state index is -3.53. The summed E-state index contributed by atoms with van der Waals surface area (Å²) in [5, 5.41) is 9.16. The molecule has 0 amide bonds. The molecule has 0 unspecified atom stereocenters. The molecule has 0 radical (unpaired) electrons. The van der Waals surface area contributed by atoms with Crippen molar-refractivity contribution in [1.82, 2.24) is 4.31 Å². The molecule has 0 atom stereocenters. The second-order valence-electron chi connectivity index (χ2n) is 4.02. The molecule has 0 aliphatic carbocycles. The largest absolute Gasteiger partial charge is 0.392 e. The molecule has 0 aliphatic heterocycles. The summed E-state index contributed by atoms with van der Waals surface area (Å²) in [5.74, 6) is 0. The van der Waals surface area contributed by atoms with Crippen molar-refractivity contribution < 1.29 is 18.3 Å². The van der Waals surface area contributed by atoms with Crippen LogP contribution < -0.4 is 0 Å². The third kappa shape index (κ3) is 3.08. The predicted molar refractivity (Wildman–Crippen MR) is 68.8 cm³/mol. The molecule has 1 rings (SSSR count). The number of hydrogen-bond acceptors (Lipinski definition) is 4. The van der Waals surface area contributed by atoms with Crippen LogP contribution in [0.25, 0.3) is 0 Å². The monoisotopic (exact) mass is 273 g/mol. The van der Waals surface area contributed by atoms with Crippen LogP contribution >= 0.6 is 0 Å². The van der Waals surface area contributed by atoms with Crippen LogP contribution in [0.15, 0.2) is 23.1 Å². The van der Waals surface area contributed by atoms with Crippen LogP contribution in [0.4, 0.5) is 0 Å². The van der Waals surface area contributed by atoms with Gasteiger partial charge in [-0.05, 0) is 24.1 Å². The van der Waals surface area contributed by atoms with Gasteiger partial charge in [-0.15, -0.1) is 0 Å². The summed E-state index contributed by atoms with van der Waals surface area (Å²) in [4.78, 5) is 0.229. The third-order valence-corrected chi connectivity index (χ3v) is 4.87. The van der Waals surface area contributed by atoms with Gasteiger partial charge < -0.3 is 9.84 Å². The zero-order valence-corrected chi connectivity index (χ0v) is 11.7. The van der Waals surface area contributed by atoms with Crippen LogP contribution in [0.3, 0.4) is 0 Å². The maximum atomic E-state index is 12.3. The number of methoxy groups -OCH3 is 1. The molecule has 1 N–H and O–H groups in total. The van der Waals surface area contributed by atoms with Gasteiger partial charge in [0.2, 0.25) is 10.0 Å². The van der Waals surface area contributed by atoms with Crippen LogP contribution in [0.1, 0.15) is 11.1 Å². The Balaban J connectivity index is 3.12. The summed E-state index contributed by atoms with van der Waals surface area (Å²) in [6.45, 7) is 2.16. The van der Waals surface area contributed by atoms with Crippen LogP contribution in [0, 0.1) is 6.92 Å². The van der Waals surface area contributed by atoms with E-state index in [-0.39, 0.29) is 11.5 Å². The normalized spacial score (nSPS) is 12.1. The molecule has 0 saturated carbocycles. The average molecular weight is 273 g/mol. The van der Waals surface area contributed by atoms with Gasteiger partial charge in [0.05, 0.1) is 18.1 Å². The highest BCUT2D eigenvalue weighted by Gasteiger charge is 2.23. The van der Waals surface area contributed by atoms with Gasteiger partial charge in [-0.3, -0.25) is 0 Å². The first kappa shape index (κ1) is 15.1. The molecule has 1 aromatic rings. The molecule has 1 aromatic carbocycles. The molecule has 5 nitrogen and oxygen atoms in total. The van der Waals surface area contributed by atoms with E-state index in [0.29, 0.717) is 24.3 Å². The Kier molecular flexibility index (Phi) is 5.28. The molecule has 0 spiro atoms. The van der Waals surface area contributed by atoms with Gasteiger partial charge in [0.25, 0.3) is 0 Å². The van der Waals surface area contributed by atoms with E-state index < -0.39 is 10.0 Å². The van der Waals surface area contributed by atoms with Crippen LogP contribution in [-0.2, 0) is 21.4 Å². The van der Waals surface area contributed by atoms with Gasteiger partial charge >= 0.3 is 0 Å². The molecular formula is C12H19NO4S. The van der Waals surface area contributed by atoms with E-state index in [1.807, 2.05) is 0 Å². The van der Waals surface area contributed by atoms with Crippen molar-refractivity contribution in [2.45, 2.75) is 18.4 Å². The highest BCUT2D eigenvalue weighted by molar-refractivity contribution is 7.89. The number of aliphatic hydroxyl groups is 1. The van der Waals surface area contributed by atoms with E-state index in [1.165, 1.54) is 18.5 Å². The van der Waals surface area contributed by atoms with Gasteiger partial charge in [0.15, 0.2) is 0 Å². The van der Waals surface area contributed by atoms with Gasteiger partial charge in [-0.2, -0.15) is 4.31 Å². The van der Waals surface area contributed by atoms with Crippen LogP contribution in [0.5, 0.6) is 0 Å². The Morgan fingerprint density at radius 3 is 2.61 bits per heavy atom. The lowest BCUT2D eigenvalue weighted by molar-refractivity contribution is 0.185. The smallest absolute Gasteiger partial charge is 0.243 e. The Morgan fingerprint density at radius 2 is 2.06 bits per heavy atom. The summed E-state index contributed by atoms with van der Waals surface area (Å²) in [7, 11) is -0.493. The van der Waals surface area contributed by atoms with Crippen molar-refractivity contribution in [3.8, 4) is 0 Å². The maximum absolute atomic E-state index is 12.3. The number of nitrogens with zero attached hydrogens (tertiary/aromatic N) is 1. The zero-order chi connectivity index (χ0) is 13.8. The number of rotatable bonds is 6. The number of likely N-dealkylation sites (N-methyl/N-ethyl adjacent to an activating group) is 1. The Bertz CT molecular complexity index is 499. The Hall–Kier alpha value is -0.950. The Morgan fingerprint density at radius 1 is 1.39 bits per heavy atom. The van der Waals surface area contributed by atoms with Gasteiger partial charge in [-0.25, -0.2) is 8.42 Å². The van der Waals surface area contributed by atoms with E-state index in [1.54, 1.807) is 25.1 Å². The summed E-state index contributed by atoms with van der Waals surface area (Å²) in [5.41, 5.74) is 1.21. The minimum Gasteiger partial charge on any atom is -0.392 e. The second-order valence-corrected chi connectivity index (χ2v) is 6.03. The zero-order valence-electron chi connectivity index (χ0n) is 10.9. The summed E-state index contributed by atoms with van der Waals surface area (Å²) in [6.07, 6.45) is 0. The molecule has 0 heterocycles. The van der Waals surface area contributed by atoms with E-state index in [0.717, 1.165) is 0 Å². The second kappa shape index (κ2) is 6.29. The van der Waals surface area contributed by atoms with E-state index in [2.05, 4.69) is 0 Å². The lowest BCUT2D eigenvalue weighted by Crippen LogP contribution is -2.30. The van der Waals surface area contributed by atoms with Crippen molar-refractivity contribution in [2.24, 2.45) is 0 Å². The molecule has 0 saturated heterocycles. The van der Waals surface area contributed by atoms with Crippen molar-refractivity contribution >= 4 is 10.0 Å². The summed E-state index contributed by atoms with van der Waals surface area (Å²) < 4.78 is 30.8. The fourth-order valence-electron chi connectivity index (χ4n) is 1.62. The van der Waals surface area contributed by atoms with Gasteiger partial charge in [0, 0.05) is 20.7 Å². The minimum absolute atomic E-state index is 0.170. The highest BCUT2D eigenvalue weighted by atomic mass is 32.2. The van der Waals surface area contributed by atoms with E-state index in [4.69, 9.17) is 9.84 Å². The molecule has 0 bridgehead atoms. The quantitative estimate of drug-likeness (QED) is 0.830. The number of ether oxygens (including phenoxy) is 1. The van der Waals surface area contributed by atoms with Crippen LogP contribution in [0.2, 0.25) is 0 Å². The molecule has 6 heteroatoms. The molecular weight excluding hydrogens is 254 g/mol. The van der Waals surface area contributed by atoms with Crippen molar-refractivity contribution in [3.63, 3.8) is 0 Å². The lowest BCUT2D eigenvalue weighted by atomic mass is 10.1.